The lowest BCUT2D eigenvalue weighted by Gasteiger charge is -2.10. The molecule has 3 rings (SSSR count). The number of carbonyl (C=O) groups excluding carboxylic acids is 1. The van der Waals surface area contributed by atoms with Crippen molar-refractivity contribution in [2.24, 2.45) is 0 Å². The number of aliphatic carboxylic acids is 1. The zero-order valence-corrected chi connectivity index (χ0v) is 13.3. The Bertz CT molecular complexity index is 772. The number of hydrogen-bond acceptors (Lipinski definition) is 3. The standard InChI is InChI=1S/C17H17ClN2O3/c18-11-5-6-14-12(8-11)13(9-15(20-14)10-3-4-10)17(23)19-7-1-2-16(21)22/h5-6,8-10H,1-4,7H2,(H,19,23)(H,21,22). The molecule has 1 amide bonds. The second-order valence-electron chi connectivity index (χ2n) is 5.78. The summed E-state index contributed by atoms with van der Waals surface area (Å²) in [7, 11) is 0. The Kier molecular flexibility index (Phi) is 4.48. The molecule has 5 nitrogen and oxygen atoms in total. The van der Waals surface area contributed by atoms with E-state index in [-0.39, 0.29) is 12.3 Å². The molecule has 1 aromatic heterocycles. The van der Waals surface area contributed by atoms with Gasteiger partial charge in [-0.1, -0.05) is 11.6 Å². The van der Waals surface area contributed by atoms with Gasteiger partial charge < -0.3 is 10.4 Å². The number of amides is 1. The van der Waals surface area contributed by atoms with Crippen molar-refractivity contribution >= 4 is 34.4 Å². The van der Waals surface area contributed by atoms with Crippen molar-refractivity contribution in [1.82, 2.24) is 10.3 Å². The van der Waals surface area contributed by atoms with Crippen molar-refractivity contribution in [3.8, 4) is 0 Å². The highest BCUT2D eigenvalue weighted by Crippen LogP contribution is 2.40. The van der Waals surface area contributed by atoms with E-state index in [9.17, 15) is 9.59 Å². The summed E-state index contributed by atoms with van der Waals surface area (Å²) in [4.78, 5) is 27.6. The number of carboxylic acids is 1. The van der Waals surface area contributed by atoms with Crippen LogP contribution in [0.3, 0.4) is 0 Å². The number of benzene rings is 1. The van der Waals surface area contributed by atoms with E-state index in [1.165, 1.54) is 0 Å². The van der Waals surface area contributed by atoms with Crippen LogP contribution < -0.4 is 5.32 Å². The molecule has 1 aliphatic rings. The van der Waals surface area contributed by atoms with Crippen LogP contribution in [0.1, 0.15) is 47.7 Å². The molecule has 2 aromatic rings. The molecule has 0 aliphatic heterocycles. The molecule has 2 N–H and O–H groups in total. The number of aromatic nitrogens is 1. The van der Waals surface area contributed by atoms with Gasteiger partial charge in [-0.15, -0.1) is 0 Å². The molecular formula is C17H17ClN2O3. The maximum Gasteiger partial charge on any atom is 0.303 e. The number of halogens is 1. The van der Waals surface area contributed by atoms with Gasteiger partial charge in [-0.3, -0.25) is 14.6 Å². The van der Waals surface area contributed by atoms with Gasteiger partial charge in [0.15, 0.2) is 0 Å². The molecule has 1 saturated carbocycles. The van der Waals surface area contributed by atoms with Crippen LogP contribution in [0.2, 0.25) is 5.02 Å². The first-order chi connectivity index (χ1) is 11.0. The number of hydrogen-bond donors (Lipinski definition) is 2. The number of nitrogens with one attached hydrogen (secondary N) is 1. The van der Waals surface area contributed by atoms with Crippen molar-refractivity contribution in [2.75, 3.05) is 6.54 Å². The summed E-state index contributed by atoms with van der Waals surface area (Å²) in [5, 5.41) is 12.7. The Labute approximate surface area is 138 Å². The predicted molar refractivity (Wildman–Crippen MR) is 87.9 cm³/mol. The van der Waals surface area contributed by atoms with E-state index in [1.54, 1.807) is 12.1 Å². The molecule has 0 radical (unpaired) electrons. The largest absolute Gasteiger partial charge is 0.481 e. The number of pyridine rings is 1. The molecule has 23 heavy (non-hydrogen) atoms. The van der Waals surface area contributed by atoms with Crippen molar-refractivity contribution in [2.45, 2.75) is 31.6 Å². The van der Waals surface area contributed by atoms with Gasteiger partial charge in [0.25, 0.3) is 5.91 Å². The third-order valence-corrected chi connectivity index (χ3v) is 4.12. The number of rotatable bonds is 6. The van der Waals surface area contributed by atoms with Gasteiger partial charge in [-0.05, 0) is 43.5 Å². The van der Waals surface area contributed by atoms with Crippen molar-refractivity contribution < 1.29 is 14.7 Å². The van der Waals surface area contributed by atoms with Gasteiger partial charge in [0.05, 0.1) is 11.1 Å². The lowest BCUT2D eigenvalue weighted by atomic mass is 10.1. The van der Waals surface area contributed by atoms with Crippen LogP contribution in [-0.4, -0.2) is 28.5 Å². The smallest absolute Gasteiger partial charge is 0.303 e. The van der Waals surface area contributed by atoms with E-state index in [0.29, 0.717) is 29.5 Å². The van der Waals surface area contributed by atoms with Gasteiger partial charge in [-0.25, -0.2) is 0 Å². The Hall–Kier alpha value is -2.14. The number of fused-ring (bicyclic) bond motifs is 1. The fourth-order valence-corrected chi connectivity index (χ4v) is 2.70. The summed E-state index contributed by atoms with van der Waals surface area (Å²) in [6.07, 6.45) is 2.65. The normalized spacial score (nSPS) is 14.0. The number of nitrogens with zero attached hydrogens (tertiary/aromatic N) is 1. The van der Waals surface area contributed by atoms with Crippen LogP contribution in [0.4, 0.5) is 0 Å². The van der Waals surface area contributed by atoms with Crippen LogP contribution in [0.15, 0.2) is 24.3 Å². The predicted octanol–water partition coefficient (Wildman–Crippen LogP) is 3.36. The summed E-state index contributed by atoms with van der Waals surface area (Å²) >= 11 is 6.05. The first-order valence-electron chi connectivity index (χ1n) is 7.65. The molecule has 0 spiro atoms. The highest BCUT2D eigenvalue weighted by molar-refractivity contribution is 6.31. The third-order valence-electron chi connectivity index (χ3n) is 3.88. The Morgan fingerprint density at radius 1 is 1.30 bits per heavy atom. The Morgan fingerprint density at radius 2 is 2.09 bits per heavy atom. The van der Waals surface area contributed by atoms with Gasteiger partial charge in [-0.2, -0.15) is 0 Å². The fraction of sp³-hybridized carbons (Fsp3) is 0.353. The molecule has 6 heteroatoms. The minimum atomic E-state index is -0.864. The summed E-state index contributed by atoms with van der Waals surface area (Å²) in [5.41, 5.74) is 2.25. The third kappa shape index (κ3) is 3.79. The van der Waals surface area contributed by atoms with Crippen LogP contribution >= 0.6 is 11.6 Å². The maximum absolute atomic E-state index is 12.5. The quantitative estimate of drug-likeness (QED) is 0.795. The van der Waals surface area contributed by atoms with E-state index in [2.05, 4.69) is 10.3 Å². The molecule has 0 atom stereocenters. The summed E-state index contributed by atoms with van der Waals surface area (Å²) in [5.74, 6) is -0.642. The van der Waals surface area contributed by atoms with Crippen molar-refractivity contribution in [3.63, 3.8) is 0 Å². The highest BCUT2D eigenvalue weighted by atomic mass is 35.5. The maximum atomic E-state index is 12.5. The summed E-state index contributed by atoms with van der Waals surface area (Å²) in [6.45, 7) is 0.328. The first kappa shape index (κ1) is 15.7. The van der Waals surface area contributed by atoms with E-state index < -0.39 is 5.97 Å². The molecule has 120 valence electrons. The molecule has 0 bridgehead atoms. The van der Waals surface area contributed by atoms with Gasteiger partial charge >= 0.3 is 5.97 Å². The fourth-order valence-electron chi connectivity index (χ4n) is 2.53. The SMILES string of the molecule is O=C(O)CCCNC(=O)c1cc(C2CC2)nc2ccc(Cl)cc12. The van der Waals surface area contributed by atoms with Crippen LogP contribution in [0, 0.1) is 0 Å². The highest BCUT2D eigenvalue weighted by Gasteiger charge is 2.27. The van der Waals surface area contributed by atoms with E-state index in [0.717, 1.165) is 29.4 Å². The monoisotopic (exact) mass is 332 g/mol. The summed E-state index contributed by atoms with van der Waals surface area (Å²) < 4.78 is 0. The molecule has 0 saturated heterocycles. The zero-order valence-electron chi connectivity index (χ0n) is 12.5. The Balaban J connectivity index is 1.86. The molecule has 0 unspecified atom stereocenters. The molecule has 1 fully saturated rings. The number of carboxylic acid groups (broad SMARTS) is 1. The second-order valence-corrected chi connectivity index (χ2v) is 6.22. The van der Waals surface area contributed by atoms with Crippen LogP contribution in [0.5, 0.6) is 0 Å². The zero-order chi connectivity index (χ0) is 16.4. The molecule has 1 aromatic carbocycles. The topological polar surface area (TPSA) is 79.3 Å². The average Bonchev–Trinajstić information content (AvgIpc) is 3.35. The van der Waals surface area contributed by atoms with E-state index in [1.807, 2.05) is 12.1 Å². The molecule has 1 heterocycles. The van der Waals surface area contributed by atoms with Crippen LogP contribution in [-0.2, 0) is 4.79 Å². The van der Waals surface area contributed by atoms with Gasteiger partial charge in [0, 0.05) is 35.0 Å². The van der Waals surface area contributed by atoms with Gasteiger partial charge in [0.1, 0.15) is 0 Å². The lowest BCUT2D eigenvalue weighted by Crippen LogP contribution is -2.25. The summed E-state index contributed by atoms with van der Waals surface area (Å²) in [6, 6.07) is 7.17. The average molecular weight is 333 g/mol. The second kappa shape index (κ2) is 6.54. The lowest BCUT2D eigenvalue weighted by molar-refractivity contribution is -0.137. The van der Waals surface area contributed by atoms with Crippen molar-refractivity contribution in [3.05, 3.63) is 40.5 Å². The van der Waals surface area contributed by atoms with E-state index in [4.69, 9.17) is 16.7 Å². The van der Waals surface area contributed by atoms with E-state index >= 15 is 0 Å². The minimum absolute atomic E-state index is 0.0382. The number of carbonyl (C=O) groups is 2. The Morgan fingerprint density at radius 3 is 2.78 bits per heavy atom. The molecular weight excluding hydrogens is 316 g/mol. The molecule has 1 aliphatic carbocycles. The van der Waals surface area contributed by atoms with Gasteiger partial charge in [0.2, 0.25) is 0 Å². The van der Waals surface area contributed by atoms with Crippen molar-refractivity contribution in [1.29, 1.82) is 0 Å². The first-order valence-corrected chi connectivity index (χ1v) is 8.02. The minimum Gasteiger partial charge on any atom is -0.481 e. The van der Waals surface area contributed by atoms with Crippen LogP contribution in [0.25, 0.3) is 10.9 Å².